The number of rotatable bonds is 5. The first kappa shape index (κ1) is 12.7. The van der Waals surface area contributed by atoms with E-state index in [0.29, 0.717) is 0 Å². The normalized spacial score (nSPS) is 14.9. The molecule has 3 heteroatoms. The van der Waals surface area contributed by atoms with Crippen LogP contribution in [0.4, 0.5) is 5.69 Å². The van der Waals surface area contributed by atoms with Crippen molar-refractivity contribution in [3.63, 3.8) is 0 Å². The van der Waals surface area contributed by atoms with Gasteiger partial charge in [0, 0.05) is 24.9 Å². The monoisotopic (exact) mass is 244 g/mol. The second-order valence-corrected chi connectivity index (χ2v) is 4.82. The molecule has 0 spiro atoms. The van der Waals surface area contributed by atoms with Crippen LogP contribution in [0.5, 0.6) is 0 Å². The fourth-order valence-electron chi connectivity index (χ4n) is 1.87. The molecule has 1 aliphatic rings. The third kappa shape index (κ3) is 3.62. The van der Waals surface area contributed by atoms with E-state index in [0.717, 1.165) is 30.3 Å². The molecule has 0 bridgehead atoms. The maximum Gasteiger partial charge on any atom is 0.246 e. The van der Waals surface area contributed by atoms with Crippen molar-refractivity contribution in [2.45, 2.75) is 19.8 Å². The Balaban J connectivity index is 1.93. The van der Waals surface area contributed by atoms with Crippen LogP contribution in [-0.4, -0.2) is 23.9 Å². The van der Waals surface area contributed by atoms with E-state index in [-0.39, 0.29) is 5.91 Å². The lowest BCUT2D eigenvalue weighted by atomic mass is 10.2. The SMILES string of the molecule is CCN(CC1CC1)C(=O)/C=C/c1ccc(N)cc1. The molecule has 1 aliphatic carbocycles. The summed E-state index contributed by atoms with van der Waals surface area (Å²) < 4.78 is 0. The van der Waals surface area contributed by atoms with Crippen molar-refractivity contribution < 1.29 is 4.79 Å². The fraction of sp³-hybridized carbons (Fsp3) is 0.400. The van der Waals surface area contributed by atoms with Crippen LogP contribution in [0.2, 0.25) is 0 Å². The lowest BCUT2D eigenvalue weighted by molar-refractivity contribution is -0.126. The molecule has 0 saturated heterocycles. The minimum absolute atomic E-state index is 0.0984. The Kier molecular flexibility index (Phi) is 4.03. The summed E-state index contributed by atoms with van der Waals surface area (Å²) in [6, 6.07) is 7.50. The molecule has 1 saturated carbocycles. The number of nitrogens with zero attached hydrogens (tertiary/aromatic N) is 1. The van der Waals surface area contributed by atoms with Gasteiger partial charge < -0.3 is 10.6 Å². The molecule has 0 heterocycles. The van der Waals surface area contributed by atoms with Crippen LogP contribution in [0, 0.1) is 5.92 Å². The summed E-state index contributed by atoms with van der Waals surface area (Å²) in [6.45, 7) is 3.71. The molecule has 1 aromatic carbocycles. The summed E-state index contributed by atoms with van der Waals surface area (Å²) in [4.78, 5) is 13.9. The maximum absolute atomic E-state index is 12.0. The summed E-state index contributed by atoms with van der Waals surface area (Å²) in [6.07, 6.45) is 6.03. The molecular weight excluding hydrogens is 224 g/mol. The Labute approximate surface area is 108 Å². The highest BCUT2D eigenvalue weighted by Gasteiger charge is 2.25. The number of nitrogen functional groups attached to an aromatic ring is 1. The number of hydrogen-bond acceptors (Lipinski definition) is 2. The summed E-state index contributed by atoms with van der Waals surface area (Å²) in [5, 5.41) is 0. The van der Waals surface area contributed by atoms with E-state index in [1.165, 1.54) is 12.8 Å². The van der Waals surface area contributed by atoms with Crippen LogP contribution in [0.25, 0.3) is 6.08 Å². The van der Waals surface area contributed by atoms with E-state index < -0.39 is 0 Å². The summed E-state index contributed by atoms with van der Waals surface area (Å²) >= 11 is 0. The highest BCUT2D eigenvalue weighted by molar-refractivity contribution is 5.91. The maximum atomic E-state index is 12.0. The van der Waals surface area contributed by atoms with Gasteiger partial charge in [0.25, 0.3) is 0 Å². The van der Waals surface area contributed by atoms with Gasteiger partial charge in [-0.25, -0.2) is 0 Å². The third-order valence-electron chi connectivity index (χ3n) is 3.22. The minimum Gasteiger partial charge on any atom is -0.399 e. The molecule has 0 aromatic heterocycles. The van der Waals surface area contributed by atoms with Crippen LogP contribution in [0.15, 0.2) is 30.3 Å². The van der Waals surface area contributed by atoms with Gasteiger partial charge in [-0.15, -0.1) is 0 Å². The van der Waals surface area contributed by atoms with Crippen LogP contribution in [0.1, 0.15) is 25.3 Å². The van der Waals surface area contributed by atoms with Crippen molar-refractivity contribution in [2.24, 2.45) is 5.92 Å². The van der Waals surface area contributed by atoms with Crippen molar-refractivity contribution in [3.05, 3.63) is 35.9 Å². The standard InChI is InChI=1S/C15H20N2O/c1-2-17(11-13-3-4-13)15(18)10-7-12-5-8-14(16)9-6-12/h5-10,13H,2-4,11,16H2,1H3/b10-7+. The Morgan fingerprint density at radius 3 is 2.61 bits per heavy atom. The smallest absolute Gasteiger partial charge is 0.246 e. The van der Waals surface area contributed by atoms with E-state index in [4.69, 9.17) is 5.73 Å². The van der Waals surface area contributed by atoms with Crippen molar-refractivity contribution in [1.82, 2.24) is 4.90 Å². The van der Waals surface area contributed by atoms with E-state index in [9.17, 15) is 4.79 Å². The van der Waals surface area contributed by atoms with Crippen molar-refractivity contribution in [2.75, 3.05) is 18.8 Å². The van der Waals surface area contributed by atoms with Gasteiger partial charge in [-0.2, -0.15) is 0 Å². The number of carbonyl (C=O) groups excluding carboxylic acids is 1. The third-order valence-corrected chi connectivity index (χ3v) is 3.22. The Bertz CT molecular complexity index is 432. The van der Waals surface area contributed by atoms with E-state index in [1.807, 2.05) is 42.2 Å². The second-order valence-electron chi connectivity index (χ2n) is 4.82. The number of amides is 1. The molecule has 0 radical (unpaired) electrons. The first-order valence-electron chi connectivity index (χ1n) is 6.51. The Hall–Kier alpha value is -1.77. The lowest BCUT2D eigenvalue weighted by Gasteiger charge is -2.18. The number of hydrogen-bond donors (Lipinski definition) is 1. The molecular formula is C15H20N2O. The molecule has 0 atom stereocenters. The summed E-state index contributed by atoms with van der Waals surface area (Å²) in [7, 11) is 0. The Morgan fingerprint density at radius 2 is 2.06 bits per heavy atom. The molecule has 18 heavy (non-hydrogen) atoms. The van der Waals surface area contributed by atoms with Crippen molar-refractivity contribution in [1.29, 1.82) is 0 Å². The molecule has 1 aromatic rings. The number of anilines is 1. The van der Waals surface area contributed by atoms with Gasteiger partial charge >= 0.3 is 0 Å². The molecule has 1 fully saturated rings. The quantitative estimate of drug-likeness (QED) is 0.639. The van der Waals surface area contributed by atoms with Gasteiger partial charge in [-0.3, -0.25) is 4.79 Å². The topological polar surface area (TPSA) is 46.3 Å². The number of likely N-dealkylation sites (N-methyl/N-ethyl adjacent to an activating group) is 1. The van der Waals surface area contributed by atoms with Gasteiger partial charge in [-0.05, 0) is 49.5 Å². The number of nitrogens with two attached hydrogens (primary N) is 1. The minimum atomic E-state index is 0.0984. The zero-order chi connectivity index (χ0) is 13.0. The molecule has 2 N–H and O–H groups in total. The van der Waals surface area contributed by atoms with Crippen LogP contribution in [-0.2, 0) is 4.79 Å². The van der Waals surface area contributed by atoms with E-state index >= 15 is 0 Å². The molecule has 96 valence electrons. The van der Waals surface area contributed by atoms with Crippen molar-refractivity contribution >= 4 is 17.7 Å². The summed E-state index contributed by atoms with van der Waals surface area (Å²) in [5.74, 6) is 0.833. The molecule has 0 aliphatic heterocycles. The van der Waals surface area contributed by atoms with Gasteiger partial charge in [0.1, 0.15) is 0 Å². The zero-order valence-corrected chi connectivity index (χ0v) is 10.8. The van der Waals surface area contributed by atoms with E-state index in [2.05, 4.69) is 0 Å². The highest BCUT2D eigenvalue weighted by Crippen LogP contribution is 2.29. The molecule has 3 nitrogen and oxygen atoms in total. The summed E-state index contributed by atoms with van der Waals surface area (Å²) in [5.41, 5.74) is 7.35. The van der Waals surface area contributed by atoms with Crippen LogP contribution >= 0.6 is 0 Å². The largest absolute Gasteiger partial charge is 0.399 e. The lowest BCUT2D eigenvalue weighted by Crippen LogP contribution is -2.31. The zero-order valence-electron chi connectivity index (χ0n) is 10.8. The van der Waals surface area contributed by atoms with Crippen molar-refractivity contribution in [3.8, 4) is 0 Å². The highest BCUT2D eigenvalue weighted by atomic mass is 16.2. The van der Waals surface area contributed by atoms with Crippen LogP contribution < -0.4 is 5.73 Å². The second kappa shape index (κ2) is 5.71. The average molecular weight is 244 g/mol. The van der Waals surface area contributed by atoms with E-state index in [1.54, 1.807) is 6.08 Å². The van der Waals surface area contributed by atoms with Gasteiger partial charge in [0.05, 0.1) is 0 Å². The molecule has 1 amide bonds. The number of benzene rings is 1. The van der Waals surface area contributed by atoms with Gasteiger partial charge in [-0.1, -0.05) is 12.1 Å². The molecule has 2 rings (SSSR count). The predicted octanol–water partition coefficient (Wildman–Crippen LogP) is 2.54. The van der Waals surface area contributed by atoms with Gasteiger partial charge in [0.15, 0.2) is 0 Å². The molecule has 0 unspecified atom stereocenters. The average Bonchev–Trinajstić information content (AvgIpc) is 3.19. The number of carbonyl (C=O) groups is 1. The fourth-order valence-corrected chi connectivity index (χ4v) is 1.87. The first-order valence-corrected chi connectivity index (χ1v) is 6.51. The van der Waals surface area contributed by atoms with Gasteiger partial charge in [0.2, 0.25) is 5.91 Å². The first-order chi connectivity index (χ1) is 8.69. The Morgan fingerprint density at radius 1 is 1.39 bits per heavy atom. The predicted molar refractivity (Wildman–Crippen MR) is 74.9 cm³/mol. The van der Waals surface area contributed by atoms with Crippen LogP contribution in [0.3, 0.4) is 0 Å².